The maximum absolute atomic E-state index is 10.9. The van der Waals surface area contributed by atoms with E-state index in [1.165, 1.54) is 64.9 Å². The molecule has 0 radical (unpaired) electrons. The second-order valence-corrected chi connectivity index (χ2v) is 6.08. The number of ether oxygens (including phenoxy) is 1. The van der Waals surface area contributed by atoms with Crippen LogP contribution in [-0.2, 0) is 9.53 Å². The largest absolute Gasteiger partial charge is 0.469 e. The summed E-state index contributed by atoms with van der Waals surface area (Å²) >= 11 is 0. The van der Waals surface area contributed by atoms with Crippen LogP contribution < -0.4 is 0 Å². The first kappa shape index (κ1) is 21.8. The molecule has 0 bridgehead atoms. The number of methoxy groups -OCH3 is 1. The molecule has 0 N–H and O–H groups in total. The number of carbonyl (C=O) groups excluding carboxylic acids is 1. The van der Waals surface area contributed by atoms with Crippen LogP contribution >= 0.6 is 0 Å². The van der Waals surface area contributed by atoms with Crippen LogP contribution in [0.1, 0.15) is 96.8 Å². The summed E-state index contributed by atoms with van der Waals surface area (Å²) < 4.78 is 4.63. The minimum atomic E-state index is -0.0811. The van der Waals surface area contributed by atoms with Gasteiger partial charge in [0.25, 0.3) is 0 Å². The van der Waals surface area contributed by atoms with E-state index in [-0.39, 0.29) is 5.97 Å². The quantitative estimate of drug-likeness (QED) is 0.165. The number of hydrogen-bond acceptors (Lipinski definition) is 2. The van der Waals surface area contributed by atoms with Gasteiger partial charge in [0, 0.05) is 19.3 Å². The zero-order chi connectivity index (χ0) is 17.0. The molecular formula is C21H36O2. The number of allylic oxidation sites excluding steroid dienone is 2. The van der Waals surface area contributed by atoms with Gasteiger partial charge in [-0.3, -0.25) is 4.79 Å². The van der Waals surface area contributed by atoms with Gasteiger partial charge >= 0.3 is 5.97 Å². The summed E-state index contributed by atoms with van der Waals surface area (Å²) in [6.07, 6.45) is 20.6. The van der Waals surface area contributed by atoms with Crippen LogP contribution in [0.5, 0.6) is 0 Å². The summed E-state index contributed by atoms with van der Waals surface area (Å²) in [5.74, 6) is 6.37. The van der Waals surface area contributed by atoms with Crippen molar-refractivity contribution in [2.45, 2.75) is 96.8 Å². The van der Waals surface area contributed by atoms with Crippen molar-refractivity contribution in [1.82, 2.24) is 0 Å². The lowest BCUT2D eigenvalue weighted by molar-refractivity contribution is -0.140. The number of unbranched alkanes of at least 4 members (excludes halogenated alkanes) is 10. The van der Waals surface area contributed by atoms with Gasteiger partial charge in [-0.15, -0.1) is 5.92 Å². The molecule has 0 aliphatic rings. The maximum Gasteiger partial charge on any atom is 0.305 e. The Hall–Kier alpha value is -1.23. The number of carbonyl (C=O) groups is 1. The van der Waals surface area contributed by atoms with Crippen LogP contribution in [0.2, 0.25) is 0 Å². The highest BCUT2D eigenvalue weighted by molar-refractivity contribution is 5.68. The summed E-state index contributed by atoms with van der Waals surface area (Å²) in [5.41, 5.74) is 0. The predicted octanol–water partition coefficient (Wildman–Crippen LogP) is 6.20. The standard InChI is InChI=1S/C21H36O2/c1-3-4-5-6-7-8-9-10-11-12-13-14-15-16-17-18-19-20-21(22)23-2/h10-11H,3-6,9,12-20H2,1-2H3/b11-10-. The number of rotatable bonds is 14. The minimum absolute atomic E-state index is 0.0811. The van der Waals surface area contributed by atoms with E-state index in [2.05, 4.69) is 35.7 Å². The van der Waals surface area contributed by atoms with Gasteiger partial charge in [0.05, 0.1) is 7.11 Å². The van der Waals surface area contributed by atoms with Gasteiger partial charge in [-0.05, 0) is 25.7 Å². The van der Waals surface area contributed by atoms with E-state index in [1.807, 2.05) is 0 Å². The Morgan fingerprint density at radius 3 is 2.26 bits per heavy atom. The normalized spacial score (nSPS) is 10.5. The molecule has 0 amide bonds. The molecule has 0 spiro atoms. The molecule has 0 fully saturated rings. The summed E-state index contributed by atoms with van der Waals surface area (Å²) in [7, 11) is 1.46. The lowest BCUT2D eigenvalue weighted by Crippen LogP contribution is -1.99. The van der Waals surface area contributed by atoms with Crippen molar-refractivity contribution in [3.05, 3.63) is 12.2 Å². The number of hydrogen-bond donors (Lipinski definition) is 0. The van der Waals surface area contributed by atoms with Crippen LogP contribution in [0.25, 0.3) is 0 Å². The van der Waals surface area contributed by atoms with Gasteiger partial charge in [-0.1, -0.05) is 69.9 Å². The monoisotopic (exact) mass is 320 g/mol. The van der Waals surface area contributed by atoms with E-state index in [9.17, 15) is 4.79 Å². The molecule has 23 heavy (non-hydrogen) atoms. The van der Waals surface area contributed by atoms with Gasteiger partial charge in [0.1, 0.15) is 0 Å². The third-order valence-corrected chi connectivity index (χ3v) is 3.90. The second kappa shape index (κ2) is 18.8. The van der Waals surface area contributed by atoms with Crippen LogP contribution in [0.3, 0.4) is 0 Å². The fourth-order valence-corrected chi connectivity index (χ4v) is 2.40. The second-order valence-electron chi connectivity index (χ2n) is 6.08. The highest BCUT2D eigenvalue weighted by Gasteiger charge is 1.98. The summed E-state index contributed by atoms with van der Waals surface area (Å²) in [6, 6.07) is 0. The molecule has 0 saturated heterocycles. The van der Waals surface area contributed by atoms with Crippen LogP contribution in [0.4, 0.5) is 0 Å². The van der Waals surface area contributed by atoms with E-state index < -0.39 is 0 Å². The van der Waals surface area contributed by atoms with Gasteiger partial charge in [0.15, 0.2) is 0 Å². The molecule has 0 aliphatic heterocycles. The number of esters is 1. The Kier molecular flexibility index (Phi) is 17.8. The molecule has 2 nitrogen and oxygen atoms in total. The molecule has 0 heterocycles. The highest BCUT2D eigenvalue weighted by Crippen LogP contribution is 2.10. The zero-order valence-corrected chi connectivity index (χ0v) is 15.4. The molecule has 0 unspecified atom stereocenters. The van der Waals surface area contributed by atoms with Crippen molar-refractivity contribution in [2.75, 3.05) is 7.11 Å². The molecule has 0 aromatic rings. The van der Waals surface area contributed by atoms with Gasteiger partial charge in [-0.2, -0.15) is 0 Å². The Bertz CT molecular complexity index is 347. The van der Waals surface area contributed by atoms with E-state index in [0.717, 1.165) is 25.7 Å². The van der Waals surface area contributed by atoms with Crippen LogP contribution in [0, 0.1) is 11.8 Å². The van der Waals surface area contributed by atoms with Crippen molar-refractivity contribution in [3.8, 4) is 11.8 Å². The topological polar surface area (TPSA) is 26.3 Å². The lowest BCUT2D eigenvalue weighted by Gasteiger charge is -2.01. The van der Waals surface area contributed by atoms with E-state index >= 15 is 0 Å². The van der Waals surface area contributed by atoms with Crippen molar-refractivity contribution in [3.63, 3.8) is 0 Å². The van der Waals surface area contributed by atoms with E-state index in [0.29, 0.717) is 6.42 Å². The Labute approximate surface area is 144 Å². The predicted molar refractivity (Wildman–Crippen MR) is 99.2 cm³/mol. The fourth-order valence-electron chi connectivity index (χ4n) is 2.40. The zero-order valence-electron chi connectivity index (χ0n) is 15.4. The molecule has 0 aromatic carbocycles. The summed E-state index contributed by atoms with van der Waals surface area (Å²) in [5, 5.41) is 0. The Morgan fingerprint density at radius 1 is 0.870 bits per heavy atom. The van der Waals surface area contributed by atoms with E-state index in [1.54, 1.807) is 0 Å². The van der Waals surface area contributed by atoms with Crippen LogP contribution in [0.15, 0.2) is 12.2 Å². The molecule has 0 aliphatic carbocycles. The fraction of sp³-hybridized carbons (Fsp3) is 0.762. The molecule has 0 saturated carbocycles. The van der Waals surface area contributed by atoms with Crippen molar-refractivity contribution < 1.29 is 9.53 Å². The van der Waals surface area contributed by atoms with E-state index in [4.69, 9.17) is 0 Å². The van der Waals surface area contributed by atoms with Crippen LogP contribution in [-0.4, -0.2) is 13.1 Å². The van der Waals surface area contributed by atoms with Crippen molar-refractivity contribution in [2.24, 2.45) is 0 Å². The molecule has 132 valence electrons. The first-order valence-corrected chi connectivity index (χ1v) is 9.48. The maximum atomic E-state index is 10.9. The molecule has 0 atom stereocenters. The first-order chi connectivity index (χ1) is 11.3. The van der Waals surface area contributed by atoms with Crippen molar-refractivity contribution in [1.29, 1.82) is 0 Å². The summed E-state index contributed by atoms with van der Waals surface area (Å²) in [4.78, 5) is 10.9. The molecule has 0 rings (SSSR count). The molecule has 0 aromatic heterocycles. The Balaban J connectivity index is 3.20. The van der Waals surface area contributed by atoms with Gasteiger partial charge in [-0.25, -0.2) is 0 Å². The average molecular weight is 321 g/mol. The Morgan fingerprint density at radius 2 is 1.57 bits per heavy atom. The third kappa shape index (κ3) is 18.7. The minimum Gasteiger partial charge on any atom is -0.469 e. The average Bonchev–Trinajstić information content (AvgIpc) is 2.57. The van der Waals surface area contributed by atoms with Crippen molar-refractivity contribution >= 4 is 5.97 Å². The third-order valence-electron chi connectivity index (χ3n) is 3.90. The van der Waals surface area contributed by atoms with Gasteiger partial charge < -0.3 is 4.74 Å². The molecular weight excluding hydrogens is 284 g/mol. The summed E-state index contributed by atoms with van der Waals surface area (Å²) in [6.45, 7) is 2.22. The van der Waals surface area contributed by atoms with Gasteiger partial charge in [0.2, 0.25) is 0 Å². The highest BCUT2D eigenvalue weighted by atomic mass is 16.5. The SMILES string of the molecule is CCCCCC#CC/C=C\CCCCCCCCCC(=O)OC. The first-order valence-electron chi connectivity index (χ1n) is 9.48. The smallest absolute Gasteiger partial charge is 0.305 e. The molecule has 2 heteroatoms. The lowest BCUT2D eigenvalue weighted by atomic mass is 10.1.